The summed E-state index contributed by atoms with van der Waals surface area (Å²) in [7, 11) is 0. The molecule has 4 heterocycles. The Morgan fingerprint density at radius 1 is 1.16 bits per heavy atom. The monoisotopic (exact) mass is 437 g/mol. The maximum absolute atomic E-state index is 13.5. The summed E-state index contributed by atoms with van der Waals surface area (Å²) in [4.78, 5) is 29.3. The molecule has 8 nitrogen and oxygen atoms in total. The number of amides is 1. The van der Waals surface area contributed by atoms with Gasteiger partial charge in [0.15, 0.2) is 11.5 Å². The molecule has 0 bridgehead atoms. The van der Waals surface area contributed by atoms with Crippen molar-refractivity contribution in [1.29, 1.82) is 0 Å². The summed E-state index contributed by atoms with van der Waals surface area (Å²) in [6.45, 7) is 5.94. The summed E-state index contributed by atoms with van der Waals surface area (Å²) in [5.74, 6) is -0.464. The van der Waals surface area contributed by atoms with Crippen molar-refractivity contribution >= 4 is 22.7 Å². The number of furan rings is 2. The van der Waals surface area contributed by atoms with Crippen LogP contribution in [0.3, 0.4) is 0 Å². The van der Waals surface area contributed by atoms with Crippen molar-refractivity contribution in [2.75, 3.05) is 39.4 Å². The number of aliphatic hydroxyl groups is 1. The van der Waals surface area contributed by atoms with Crippen LogP contribution in [0.5, 0.6) is 0 Å². The van der Waals surface area contributed by atoms with Crippen molar-refractivity contribution in [3.8, 4) is 0 Å². The van der Waals surface area contributed by atoms with Gasteiger partial charge in [-0.05, 0) is 31.2 Å². The molecular weight excluding hydrogens is 412 g/mol. The van der Waals surface area contributed by atoms with Crippen LogP contribution in [-0.4, -0.2) is 61.1 Å². The number of ether oxygens (including phenoxy) is 1. The first kappa shape index (κ1) is 20.5. The molecule has 1 atom stereocenters. The van der Waals surface area contributed by atoms with Gasteiger partial charge in [0.2, 0.25) is 5.78 Å². The second kappa shape index (κ2) is 8.29. The van der Waals surface area contributed by atoms with E-state index in [1.54, 1.807) is 31.2 Å². The van der Waals surface area contributed by atoms with Crippen LogP contribution in [0.25, 0.3) is 11.0 Å². The van der Waals surface area contributed by atoms with Crippen molar-refractivity contribution in [1.82, 2.24) is 4.90 Å². The number of Topliss-reactive ketones (excluding diaryl/α,β-unsaturated/α-hetero) is 1. The standard InChI is InChI=1S/C24H24N2O6/c1-15-6-7-18(31-15)21-20(22(27)19-14-16-4-2-3-5-17(16)32-19)23(28)24(29)26(21)9-8-25-10-12-30-13-11-25/h2-7,14,21,28H,8-13H2,1H3/p+1/t21-/m0/s1. The summed E-state index contributed by atoms with van der Waals surface area (Å²) < 4.78 is 17.0. The summed E-state index contributed by atoms with van der Waals surface area (Å²) in [5, 5.41) is 11.5. The fourth-order valence-electron chi connectivity index (χ4n) is 4.43. The molecule has 0 radical (unpaired) electrons. The number of nitrogens with zero attached hydrogens (tertiary/aromatic N) is 1. The minimum atomic E-state index is -0.808. The molecular formula is C24H25N2O6+. The molecule has 0 saturated carbocycles. The third-order valence-electron chi connectivity index (χ3n) is 6.13. The van der Waals surface area contributed by atoms with Crippen LogP contribution >= 0.6 is 0 Å². The summed E-state index contributed by atoms with van der Waals surface area (Å²) in [6, 6.07) is 11.6. The second-order valence-electron chi connectivity index (χ2n) is 8.20. The average Bonchev–Trinajstić information content (AvgIpc) is 3.49. The number of quaternary nitrogens is 1. The number of rotatable bonds is 6. The Balaban J connectivity index is 1.49. The first-order valence-electron chi connectivity index (χ1n) is 10.8. The molecule has 2 aliphatic rings. The van der Waals surface area contributed by atoms with Gasteiger partial charge in [-0.1, -0.05) is 18.2 Å². The van der Waals surface area contributed by atoms with E-state index in [-0.39, 0.29) is 11.3 Å². The largest absolute Gasteiger partial charge is 0.503 e. The molecule has 0 spiro atoms. The van der Waals surface area contributed by atoms with Crippen molar-refractivity contribution in [2.24, 2.45) is 0 Å². The fraction of sp³-hybridized carbons (Fsp3) is 0.333. The van der Waals surface area contributed by atoms with Crippen LogP contribution in [0.4, 0.5) is 0 Å². The van der Waals surface area contributed by atoms with Crippen molar-refractivity contribution in [3.63, 3.8) is 0 Å². The van der Waals surface area contributed by atoms with E-state index in [2.05, 4.69) is 0 Å². The molecule has 0 aliphatic carbocycles. The smallest absolute Gasteiger partial charge is 0.290 e. The number of benzene rings is 1. The second-order valence-corrected chi connectivity index (χ2v) is 8.20. The molecule has 2 aliphatic heterocycles. The first-order chi connectivity index (χ1) is 15.5. The van der Waals surface area contributed by atoms with Gasteiger partial charge in [-0.3, -0.25) is 9.59 Å². The highest BCUT2D eigenvalue weighted by molar-refractivity contribution is 6.15. The number of carbonyl (C=O) groups excluding carboxylic acids is 2. The molecule has 32 heavy (non-hydrogen) atoms. The summed E-state index contributed by atoms with van der Waals surface area (Å²) in [5.41, 5.74) is 0.554. The highest BCUT2D eigenvalue weighted by atomic mass is 16.5. The van der Waals surface area contributed by atoms with Crippen LogP contribution in [0.15, 0.2) is 62.6 Å². The lowest BCUT2D eigenvalue weighted by Crippen LogP contribution is -3.14. The molecule has 5 rings (SSSR count). The summed E-state index contributed by atoms with van der Waals surface area (Å²) >= 11 is 0. The Hall–Kier alpha value is -3.36. The predicted octanol–water partition coefficient (Wildman–Crippen LogP) is 1.83. The Labute approximate surface area is 184 Å². The Bertz CT molecular complexity index is 1170. The van der Waals surface area contributed by atoms with Crippen LogP contribution in [-0.2, 0) is 9.53 Å². The maximum Gasteiger partial charge on any atom is 0.290 e. The highest BCUT2D eigenvalue weighted by Gasteiger charge is 2.46. The van der Waals surface area contributed by atoms with E-state index < -0.39 is 23.5 Å². The molecule has 8 heteroatoms. The van der Waals surface area contributed by atoms with Crippen molar-refractivity contribution < 1.29 is 33.2 Å². The zero-order chi connectivity index (χ0) is 22.2. The van der Waals surface area contributed by atoms with Gasteiger partial charge in [0, 0.05) is 5.39 Å². The van der Waals surface area contributed by atoms with Crippen LogP contribution < -0.4 is 4.90 Å². The molecule has 1 amide bonds. The lowest BCUT2D eigenvalue weighted by Gasteiger charge is -2.28. The number of hydrogen-bond donors (Lipinski definition) is 2. The number of carbonyl (C=O) groups is 2. The van der Waals surface area contributed by atoms with Gasteiger partial charge in [0.05, 0.1) is 31.9 Å². The van der Waals surface area contributed by atoms with Gasteiger partial charge < -0.3 is 28.5 Å². The maximum atomic E-state index is 13.5. The van der Waals surface area contributed by atoms with E-state index in [0.717, 1.165) is 18.5 Å². The predicted molar refractivity (Wildman–Crippen MR) is 114 cm³/mol. The Kier molecular flexibility index (Phi) is 5.32. The minimum Gasteiger partial charge on any atom is -0.503 e. The fourth-order valence-corrected chi connectivity index (χ4v) is 4.43. The molecule has 1 saturated heterocycles. The van der Waals surface area contributed by atoms with Gasteiger partial charge in [-0.25, -0.2) is 0 Å². The van der Waals surface area contributed by atoms with Crippen molar-refractivity contribution in [2.45, 2.75) is 13.0 Å². The van der Waals surface area contributed by atoms with E-state index in [0.29, 0.717) is 43.4 Å². The Morgan fingerprint density at radius 2 is 1.94 bits per heavy atom. The third kappa shape index (κ3) is 3.61. The lowest BCUT2D eigenvalue weighted by molar-refractivity contribution is -0.907. The number of hydrogen-bond acceptors (Lipinski definition) is 6. The summed E-state index contributed by atoms with van der Waals surface area (Å²) in [6.07, 6.45) is 0. The molecule has 2 aromatic heterocycles. The van der Waals surface area contributed by atoms with E-state index >= 15 is 0 Å². The molecule has 166 valence electrons. The topological polar surface area (TPSA) is 97.6 Å². The molecule has 3 aromatic rings. The molecule has 0 unspecified atom stereocenters. The van der Waals surface area contributed by atoms with Gasteiger partial charge in [-0.15, -0.1) is 0 Å². The number of morpholine rings is 1. The van der Waals surface area contributed by atoms with Crippen molar-refractivity contribution in [3.05, 3.63) is 71.1 Å². The van der Waals surface area contributed by atoms with Crippen LogP contribution in [0, 0.1) is 6.92 Å². The number of ketones is 1. The molecule has 2 N–H and O–H groups in total. The van der Waals surface area contributed by atoms with Crippen LogP contribution in [0.2, 0.25) is 0 Å². The third-order valence-corrected chi connectivity index (χ3v) is 6.13. The lowest BCUT2D eigenvalue weighted by atomic mass is 9.99. The average molecular weight is 437 g/mol. The number of aryl methyl sites for hydroxylation is 1. The minimum absolute atomic E-state index is 0.0135. The normalized spacial score (nSPS) is 20.0. The van der Waals surface area contributed by atoms with E-state index in [1.807, 2.05) is 18.2 Å². The zero-order valence-corrected chi connectivity index (χ0v) is 17.8. The highest BCUT2D eigenvalue weighted by Crippen LogP contribution is 2.39. The molecule has 1 aromatic carbocycles. The first-order valence-corrected chi connectivity index (χ1v) is 10.8. The van der Waals surface area contributed by atoms with E-state index in [1.165, 1.54) is 9.80 Å². The van der Waals surface area contributed by atoms with Crippen LogP contribution in [0.1, 0.15) is 28.1 Å². The zero-order valence-electron chi connectivity index (χ0n) is 17.8. The van der Waals surface area contributed by atoms with Gasteiger partial charge in [0.25, 0.3) is 5.91 Å². The quantitative estimate of drug-likeness (QED) is 0.571. The van der Waals surface area contributed by atoms with E-state index in [9.17, 15) is 14.7 Å². The SMILES string of the molecule is Cc1ccc([C@H]2C(C(=O)c3cc4ccccc4o3)=C(O)C(=O)N2CC[NH+]2CCOCC2)o1. The number of nitrogens with one attached hydrogen (secondary N) is 1. The van der Waals surface area contributed by atoms with Gasteiger partial charge in [0.1, 0.15) is 36.2 Å². The van der Waals surface area contributed by atoms with Gasteiger partial charge in [-0.2, -0.15) is 0 Å². The Morgan fingerprint density at radius 3 is 2.66 bits per heavy atom. The number of para-hydroxylation sites is 1. The van der Waals surface area contributed by atoms with Gasteiger partial charge >= 0.3 is 0 Å². The van der Waals surface area contributed by atoms with E-state index in [4.69, 9.17) is 13.6 Å². The number of fused-ring (bicyclic) bond motifs is 1. The number of aliphatic hydroxyl groups excluding tert-OH is 1. The molecule has 1 fully saturated rings.